The van der Waals surface area contributed by atoms with Gasteiger partial charge in [0.1, 0.15) is 5.75 Å². The van der Waals surface area contributed by atoms with Crippen LogP contribution in [0.2, 0.25) is 0 Å². The van der Waals surface area contributed by atoms with E-state index in [1.807, 2.05) is 6.07 Å². The first-order valence-corrected chi connectivity index (χ1v) is 7.61. The molecule has 0 saturated heterocycles. The molecule has 0 aliphatic heterocycles. The summed E-state index contributed by atoms with van der Waals surface area (Å²) in [5, 5.41) is 0. The molecule has 2 N–H and O–H groups in total. The van der Waals surface area contributed by atoms with E-state index >= 15 is 0 Å². The molecule has 0 aromatic heterocycles. The van der Waals surface area contributed by atoms with Gasteiger partial charge in [-0.3, -0.25) is 0 Å². The van der Waals surface area contributed by atoms with Gasteiger partial charge in [-0.1, -0.05) is 44.7 Å². The molecular weight excluding hydrogens is 234 g/mol. The first-order chi connectivity index (χ1) is 9.18. The van der Waals surface area contributed by atoms with Crippen LogP contribution in [0.4, 0.5) is 0 Å². The lowest BCUT2D eigenvalue weighted by atomic mass is 9.83. The van der Waals surface area contributed by atoms with Gasteiger partial charge in [0.25, 0.3) is 0 Å². The van der Waals surface area contributed by atoms with E-state index in [0.29, 0.717) is 0 Å². The quantitative estimate of drug-likeness (QED) is 0.823. The molecule has 2 unspecified atom stereocenters. The molecule has 19 heavy (non-hydrogen) atoms. The molecule has 2 rings (SSSR count). The number of hydrogen-bond acceptors (Lipinski definition) is 2. The fraction of sp³-hybridized carbons (Fsp3) is 0.647. The lowest BCUT2D eigenvalue weighted by Gasteiger charge is -2.29. The molecule has 1 saturated carbocycles. The minimum absolute atomic E-state index is 0.156. The molecule has 0 amide bonds. The monoisotopic (exact) mass is 261 g/mol. The Balaban J connectivity index is 2.12. The van der Waals surface area contributed by atoms with Crippen LogP contribution in [-0.4, -0.2) is 7.11 Å². The van der Waals surface area contributed by atoms with Crippen LogP contribution in [0.3, 0.4) is 0 Å². The zero-order valence-corrected chi connectivity index (χ0v) is 12.3. The van der Waals surface area contributed by atoms with Crippen LogP contribution in [0.5, 0.6) is 5.75 Å². The van der Waals surface area contributed by atoms with Gasteiger partial charge in [-0.15, -0.1) is 0 Å². The molecule has 0 spiro atoms. The van der Waals surface area contributed by atoms with Crippen molar-refractivity contribution >= 4 is 0 Å². The van der Waals surface area contributed by atoms with E-state index in [-0.39, 0.29) is 5.54 Å². The topological polar surface area (TPSA) is 35.2 Å². The van der Waals surface area contributed by atoms with E-state index in [4.69, 9.17) is 10.5 Å². The van der Waals surface area contributed by atoms with E-state index in [0.717, 1.165) is 24.5 Å². The molecule has 1 aliphatic rings. The number of methoxy groups -OCH3 is 1. The highest BCUT2D eigenvalue weighted by atomic mass is 16.5. The average molecular weight is 261 g/mol. The summed E-state index contributed by atoms with van der Waals surface area (Å²) >= 11 is 0. The second-order valence-electron chi connectivity index (χ2n) is 5.97. The maximum atomic E-state index is 6.71. The van der Waals surface area contributed by atoms with Crippen LogP contribution in [-0.2, 0) is 5.54 Å². The molecule has 1 aromatic rings. The van der Waals surface area contributed by atoms with Crippen LogP contribution < -0.4 is 10.5 Å². The first-order valence-electron chi connectivity index (χ1n) is 7.61. The zero-order chi connectivity index (χ0) is 13.7. The predicted molar refractivity (Wildman–Crippen MR) is 80.3 cm³/mol. The Hall–Kier alpha value is -1.02. The Morgan fingerprint density at radius 2 is 2.16 bits per heavy atom. The molecule has 2 nitrogen and oxygen atoms in total. The normalized spacial score (nSPS) is 27.8. The maximum absolute atomic E-state index is 6.71. The molecule has 106 valence electrons. The third kappa shape index (κ3) is 3.50. The molecule has 2 atom stereocenters. The highest BCUT2D eigenvalue weighted by Gasteiger charge is 2.30. The first kappa shape index (κ1) is 14.4. The number of benzene rings is 1. The minimum Gasteiger partial charge on any atom is -0.497 e. The summed E-state index contributed by atoms with van der Waals surface area (Å²) in [7, 11) is 1.71. The number of nitrogens with two attached hydrogens (primary N) is 1. The summed E-state index contributed by atoms with van der Waals surface area (Å²) in [6.45, 7) is 2.28. The van der Waals surface area contributed by atoms with Gasteiger partial charge in [0.2, 0.25) is 0 Å². The summed E-state index contributed by atoms with van der Waals surface area (Å²) in [5.41, 5.74) is 7.79. The van der Waals surface area contributed by atoms with Crippen molar-refractivity contribution in [1.29, 1.82) is 0 Å². The summed E-state index contributed by atoms with van der Waals surface area (Å²) in [6, 6.07) is 8.31. The van der Waals surface area contributed by atoms with E-state index in [1.54, 1.807) is 7.11 Å². The number of hydrogen-bond donors (Lipinski definition) is 1. The molecule has 0 radical (unpaired) electrons. The summed E-state index contributed by atoms with van der Waals surface area (Å²) in [5.74, 6) is 1.79. The Kier molecular flexibility index (Phi) is 4.87. The standard InChI is InChI=1S/C17H27NO/c1-3-6-14-7-5-11-17(18,12-10-14)15-8-4-9-16(13-15)19-2/h4,8-9,13-14H,3,5-7,10-12,18H2,1-2H3. The van der Waals surface area contributed by atoms with Gasteiger partial charge in [0.15, 0.2) is 0 Å². The van der Waals surface area contributed by atoms with Gasteiger partial charge in [0, 0.05) is 5.54 Å². The van der Waals surface area contributed by atoms with Crippen LogP contribution >= 0.6 is 0 Å². The van der Waals surface area contributed by atoms with Crippen LogP contribution in [0.25, 0.3) is 0 Å². The van der Waals surface area contributed by atoms with Crippen molar-refractivity contribution in [2.45, 2.75) is 57.4 Å². The molecule has 1 aromatic carbocycles. The largest absolute Gasteiger partial charge is 0.497 e. The lowest BCUT2D eigenvalue weighted by Crippen LogP contribution is -2.36. The average Bonchev–Trinajstić information content (AvgIpc) is 2.63. The maximum Gasteiger partial charge on any atom is 0.119 e. The van der Waals surface area contributed by atoms with Crippen molar-refractivity contribution in [3.63, 3.8) is 0 Å². The van der Waals surface area contributed by atoms with Crippen molar-refractivity contribution in [3.05, 3.63) is 29.8 Å². The Morgan fingerprint density at radius 1 is 1.32 bits per heavy atom. The van der Waals surface area contributed by atoms with E-state index < -0.39 is 0 Å². The third-order valence-corrected chi connectivity index (χ3v) is 4.58. The van der Waals surface area contributed by atoms with Crippen molar-refractivity contribution in [2.24, 2.45) is 11.7 Å². The molecule has 1 aliphatic carbocycles. The summed E-state index contributed by atoms with van der Waals surface area (Å²) in [6.07, 6.45) is 8.71. The van der Waals surface area contributed by atoms with Crippen LogP contribution in [0.1, 0.15) is 57.4 Å². The van der Waals surface area contributed by atoms with Crippen molar-refractivity contribution in [2.75, 3.05) is 7.11 Å². The Bertz CT molecular complexity index is 404. The van der Waals surface area contributed by atoms with Gasteiger partial charge in [-0.25, -0.2) is 0 Å². The second kappa shape index (κ2) is 6.42. The van der Waals surface area contributed by atoms with E-state index in [9.17, 15) is 0 Å². The van der Waals surface area contributed by atoms with Crippen molar-refractivity contribution < 1.29 is 4.74 Å². The second-order valence-corrected chi connectivity index (χ2v) is 5.97. The highest BCUT2D eigenvalue weighted by Crippen LogP contribution is 2.38. The Labute approximate surface area is 117 Å². The summed E-state index contributed by atoms with van der Waals surface area (Å²) in [4.78, 5) is 0. The van der Waals surface area contributed by atoms with Gasteiger partial charge < -0.3 is 10.5 Å². The lowest BCUT2D eigenvalue weighted by molar-refractivity contribution is 0.363. The molecule has 1 fully saturated rings. The molecule has 0 bridgehead atoms. The minimum atomic E-state index is -0.156. The SMILES string of the molecule is CCCC1CCCC(N)(c2cccc(OC)c2)CC1. The zero-order valence-electron chi connectivity index (χ0n) is 12.3. The molecular formula is C17H27NO. The highest BCUT2D eigenvalue weighted by molar-refractivity contribution is 5.33. The smallest absolute Gasteiger partial charge is 0.119 e. The van der Waals surface area contributed by atoms with E-state index in [1.165, 1.54) is 37.7 Å². The van der Waals surface area contributed by atoms with Crippen LogP contribution in [0, 0.1) is 5.92 Å². The van der Waals surface area contributed by atoms with E-state index in [2.05, 4.69) is 25.1 Å². The van der Waals surface area contributed by atoms with Gasteiger partial charge in [-0.2, -0.15) is 0 Å². The molecule has 0 heterocycles. The number of ether oxygens (including phenoxy) is 1. The number of rotatable bonds is 4. The van der Waals surface area contributed by atoms with Crippen molar-refractivity contribution in [3.8, 4) is 5.75 Å². The summed E-state index contributed by atoms with van der Waals surface area (Å²) < 4.78 is 5.33. The van der Waals surface area contributed by atoms with Crippen molar-refractivity contribution in [1.82, 2.24) is 0 Å². The van der Waals surface area contributed by atoms with Gasteiger partial charge in [0.05, 0.1) is 7.11 Å². The van der Waals surface area contributed by atoms with Crippen LogP contribution in [0.15, 0.2) is 24.3 Å². The Morgan fingerprint density at radius 3 is 2.89 bits per heavy atom. The predicted octanol–water partition coefficient (Wildman–Crippen LogP) is 4.23. The third-order valence-electron chi connectivity index (χ3n) is 4.58. The fourth-order valence-electron chi connectivity index (χ4n) is 3.36. The van der Waals surface area contributed by atoms with Gasteiger partial charge >= 0.3 is 0 Å². The molecule has 2 heteroatoms. The fourth-order valence-corrected chi connectivity index (χ4v) is 3.36. The van der Waals surface area contributed by atoms with Gasteiger partial charge in [-0.05, 0) is 42.9 Å².